The minimum absolute atomic E-state index is 0.124. The highest BCUT2D eigenvalue weighted by atomic mass is 16.4. The number of carboxylic acids is 1. The summed E-state index contributed by atoms with van der Waals surface area (Å²) in [6.07, 6.45) is 8.96. The van der Waals surface area contributed by atoms with Crippen LogP contribution in [0.4, 0.5) is 0 Å². The van der Waals surface area contributed by atoms with Crippen LogP contribution in [-0.4, -0.2) is 42.5 Å². The summed E-state index contributed by atoms with van der Waals surface area (Å²) in [5, 5.41) is 9.41. The zero-order valence-corrected chi connectivity index (χ0v) is 14.2. The molecule has 1 fully saturated rings. The number of aromatic amines is 1. The molecule has 1 aliphatic heterocycles. The molecular weight excluding hydrogens is 330 g/mol. The molecule has 3 aromatic rings. The fourth-order valence-corrected chi connectivity index (χ4v) is 3.50. The molecule has 7 nitrogen and oxygen atoms in total. The molecule has 132 valence electrons. The van der Waals surface area contributed by atoms with Crippen molar-refractivity contribution in [2.45, 2.75) is 25.4 Å². The number of nitrogens with zero attached hydrogens (tertiary/aromatic N) is 4. The van der Waals surface area contributed by atoms with Crippen LogP contribution in [-0.2, 0) is 6.54 Å². The van der Waals surface area contributed by atoms with E-state index in [-0.39, 0.29) is 6.04 Å². The monoisotopic (exact) mass is 349 g/mol. The third-order valence-corrected chi connectivity index (χ3v) is 4.72. The molecule has 1 unspecified atom stereocenters. The van der Waals surface area contributed by atoms with E-state index in [0.29, 0.717) is 23.6 Å². The van der Waals surface area contributed by atoms with Gasteiger partial charge in [-0.25, -0.2) is 14.8 Å². The Hall–Kier alpha value is -3.06. The average molecular weight is 349 g/mol. The van der Waals surface area contributed by atoms with Gasteiger partial charge < -0.3 is 10.1 Å². The van der Waals surface area contributed by atoms with Crippen LogP contribution in [0.5, 0.6) is 0 Å². The molecule has 3 heterocycles. The third-order valence-electron chi connectivity index (χ3n) is 4.72. The van der Waals surface area contributed by atoms with Gasteiger partial charge in [-0.1, -0.05) is 18.2 Å². The van der Waals surface area contributed by atoms with Gasteiger partial charge in [-0.05, 0) is 31.0 Å². The van der Waals surface area contributed by atoms with Gasteiger partial charge in [-0.15, -0.1) is 0 Å². The topological polar surface area (TPSA) is 95.0 Å². The lowest BCUT2D eigenvalue weighted by Gasteiger charge is -2.24. The lowest BCUT2D eigenvalue weighted by atomic mass is 10.1. The smallest absolute Gasteiger partial charge is 0.336 e. The number of aromatic carboxylic acids is 1. The maximum Gasteiger partial charge on any atom is 0.336 e. The molecule has 1 saturated heterocycles. The molecule has 0 amide bonds. The number of aromatic nitrogens is 4. The first kappa shape index (κ1) is 16.4. The van der Waals surface area contributed by atoms with Crippen LogP contribution < -0.4 is 0 Å². The normalized spacial score (nSPS) is 17.5. The van der Waals surface area contributed by atoms with E-state index in [4.69, 9.17) is 4.98 Å². The predicted molar refractivity (Wildman–Crippen MR) is 95.4 cm³/mol. The van der Waals surface area contributed by atoms with E-state index in [1.54, 1.807) is 36.9 Å². The van der Waals surface area contributed by atoms with Gasteiger partial charge in [0.1, 0.15) is 5.69 Å². The molecular formula is C19H19N5O2. The molecule has 1 atom stereocenters. The largest absolute Gasteiger partial charge is 0.478 e. The highest BCUT2D eigenvalue weighted by Gasteiger charge is 2.28. The zero-order chi connectivity index (χ0) is 17.9. The molecule has 7 heteroatoms. The highest BCUT2D eigenvalue weighted by Crippen LogP contribution is 2.33. The van der Waals surface area contributed by atoms with Gasteiger partial charge in [0, 0.05) is 18.9 Å². The van der Waals surface area contributed by atoms with Crippen molar-refractivity contribution >= 4 is 5.97 Å². The first-order valence-corrected chi connectivity index (χ1v) is 8.59. The molecule has 4 rings (SSSR count). The summed E-state index contributed by atoms with van der Waals surface area (Å²) in [6.45, 7) is 1.49. The van der Waals surface area contributed by atoms with Gasteiger partial charge in [-0.3, -0.25) is 9.88 Å². The Morgan fingerprint density at radius 2 is 2.19 bits per heavy atom. The van der Waals surface area contributed by atoms with Crippen molar-refractivity contribution in [1.29, 1.82) is 0 Å². The summed E-state index contributed by atoms with van der Waals surface area (Å²) in [4.78, 5) is 30.1. The summed E-state index contributed by atoms with van der Waals surface area (Å²) in [5.74, 6) is -0.198. The van der Waals surface area contributed by atoms with E-state index >= 15 is 0 Å². The van der Waals surface area contributed by atoms with Crippen LogP contribution in [0.3, 0.4) is 0 Å². The molecule has 2 N–H and O–H groups in total. The maximum absolute atomic E-state index is 11.5. The van der Waals surface area contributed by atoms with Crippen molar-refractivity contribution in [2.24, 2.45) is 0 Å². The molecule has 0 radical (unpaired) electrons. The van der Waals surface area contributed by atoms with Crippen molar-refractivity contribution in [1.82, 2.24) is 24.8 Å². The number of hydrogen-bond donors (Lipinski definition) is 2. The Morgan fingerprint density at radius 1 is 1.31 bits per heavy atom. The minimum Gasteiger partial charge on any atom is -0.478 e. The first-order chi connectivity index (χ1) is 12.7. The molecule has 1 aromatic carbocycles. The van der Waals surface area contributed by atoms with Gasteiger partial charge in [0.15, 0.2) is 5.82 Å². The number of carbonyl (C=O) groups is 1. The standard InChI is InChI=1S/C19H19N5O2/c25-19(26)14-5-2-1-4-13(14)12-24-9-3-6-17(24)15-10-20-11-16(23-15)18-21-7-8-22-18/h1-2,4-5,7-8,10-11,17H,3,6,9,12H2,(H,21,22)(H,25,26). The fourth-order valence-electron chi connectivity index (χ4n) is 3.50. The Bertz CT molecular complexity index is 910. The Morgan fingerprint density at radius 3 is 3.00 bits per heavy atom. The van der Waals surface area contributed by atoms with Gasteiger partial charge in [0.05, 0.1) is 29.7 Å². The van der Waals surface area contributed by atoms with Crippen LogP contribution in [0.15, 0.2) is 49.1 Å². The third kappa shape index (κ3) is 3.21. The van der Waals surface area contributed by atoms with E-state index in [0.717, 1.165) is 30.6 Å². The molecule has 0 bridgehead atoms. The molecule has 26 heavy (non-hydrogen) atoms. The second kappa shape index (κ2) is 7.05. The predicted octanol–water partition coefficient (Wildman–Crippen LogP) is 2.90. The van der Waals surface area contributed by atoms with Crippen LogP contribution in [0, 0.1) is 0 Å². The van der Waals surface area contributed by atoms with Crippen molar-refractivity contribution in [2.75, 3.05) is 6.54 Å². The van der Waals surface area contributed by atoms with E-state index in [9.17, 15) is 9.90 Å². The van der Waals surface area contributed by atoms with Gasteiger partial charge in [0.25, 0.3) is 0 Å². The average Bonchev–Trinajstić information content (AvgIpc) is 3.34. The van der Waals surface area contributed by atoms with Crippen LogP contribution >= 0.6 is 0 Å². The number of rotatable bonds is 5. The van der Waals surface area contributed by atoms with Crippen molar-refractivity contribution in [3.05, 3.63) is 65.9 Å². The van der Waals surface area contributed by atoms with E-state index in [2.05, 4.69) is 19.9 Å². The summed E-state index contributed by atoms with van der Waals surface area (Å²) in [6, 6.07) is 7.29. The number of benzene rings is 1. The van der Waals surface area contributed by atoms with Crippen molar-refractivity contribution in [3.63, 3.8) is 0 Å². The second-order valence-electron chi connectivity index (χ2n) is 6.36. The summed E-state index contributed by atoms with van der Waals surface area (Å²) in [7, 11) is 0. The lowest BCUT2D eigenvalue weighted by Crippen LogP contribution is -2.24. The summed E-state index contributed by atoms with van der Waals surface area (Å²) in [5.41, 5.74) is 2.78. The number of nitrogens with one attached hydrogen (secondary N) is 1. The molecule has 1 aliphatic rings. The zero-order valence-electron chi connectivity index (χ0n) is 14.2. The number of H-pyrrole nitrogens is 1. The maximum atomic E-state index is 11.5. The van der Waals surface area contributed by atoms with Crippen LogP contribution in [0.1, 0.15) is 40.5 Å². The summed E-state index contributed by atoms with van der Waals surface area (Å²) >= 11 is 0. The number of hydrogen-bond acceptors (Lipinski definition) is 5. The lowest BCUT2D eigenvalue weighted by molar-refractivity contribution is 0.0694. The number of carboxylic acid groups (broad SMARTS) is 1. The van der Waals surface area contributed by atoms with E-state index in [1.807, 2.05) is 12.1 Å². The van der Waals surface area contributed by atoms with Crippen LogP contribution in [0.2, 0.25) is 0 Å². The Balaban J connectivity index is 1.60. The van der Waals surface area contributed by atoms with E-state index in [1.165, 1.54) is 0 Å². The van der Waals surface area contributed by atoms with Gasteiger partial charge in [-0.2, -0.15) is 0 Å². The molecule has 0 aliphatic carbocycles. The molecule has 0 spiro atoms. The van der Waals surface area contributed by atoms with Gasteiger partial charge >= 0.3 is 5.97 Å². The second-order valence-corrected chi connectivity index (χ2v) is 6.36. The summed E-state index contributed by atoms with van der Waals surface area (Å²) < 4.78 is 0. The van der Waals surface area contributed by atoms with E-state index < -0.39 is 5.97 Å². The SMILES string of the molecule is O=C(O)c1ccccc1CN1CCCC1c1cncc(-c2ncc[nH]2)n1. The van der Waals surface area contributed by atoms with Crippen molar-refractivity contribution < 1.29 is 9.90 Å². The highest BCUT2D eigenvalue weighted by molar-refractivity contribution is 5.89. The fraction of sp³-hybridized carbons (Fsp3) is 0.263. The van der Waals surface area contributed by atoms with Crippen molar-refractivity contribution in [3.8, 4) is 11.5 Å². The molecule has 2 aromatic heterocycles. The number of likely N-dealkylation sites (tertiary alicyclic amines) is 1. The molecule has 0 saturated carbocycles. The van der Waals surface area contributed by atoms with Gasteiger partial charge in [0.2, 0.25) is 0 Å². The minimum atomic E-state index is -0.893. The Kier molecular flexibility index (Phi) is 4.45. The number of imidazole rings is 1. The first-order valence-electron chi connectivity index (χ1n) is 8.59. The Labute approximate surface area is 150 Å². The quantitative estimate of drug-likeness (QED) is 0.735. The van der Waals surface area contributed by atoms with Crippen LogP contribution in [0.25, 0.3) is 11.5 Å².